The fraction of sp³-hybridized carbons (Fsp3) is 0.267. The molecule has 0 aliphatic heterocycles. The Morgan fingerprint density at radius 3 is 2.75 bits per heavy atom. The number of nitrogens with zero attached hydrogens (tertiary/aromatic N) is 4. The van der Waals surface area contributed by atoms with Crippen LogP contribution in [0.4, 0.5) is 0 Å². The fourth-order valence-electron chi connectivity index (χ4n) is 1.93. The first-order valence-corrected chi connectivity index (χ1v) is 6.43. The van der Waals surface area contributed by atoms with E-state index in [0.717, 1.165) is 17.0 Å². The van der Waals surface area contributed by atoms with Gasteiger partial charge in [0.15, 0.2) is 5.69 Å². The maximum Gasteiger partial charge on any atom is 0.186 e. The van der Waals surface area contributed by atoms with Gasteiger partial charge < -0.3 is 4.74 Å². The number of ether oxygens (including phenoxy) is 1. The molecule has 0 amide bonds. The van der Waals surface area contributed by atoms with Crippen LogP contribution < -0.4 is 4.74 Å². The molecule has 0 radical (unpaired) electrons. The molecule has 2 aromatic rings. The minimum atomic E-state index is 0.362. The number of hydrogen-bond donors (Lipinski definition) is 0. The first-order valence-electron chi connectivity index (χ1n) is 6.43. The summed E-state index contributed by atoms with van der Waals surface area (Å²) in [5.74, 6) is 0.842. The summed E-state index contributed by atoms with van der Waals surface area (Å²) >= 11 is 0. The molecule has 1 heterocycles. The standard InChI is InChI=1S/C15H16N4O/c1-3-9-19-15(14(11-16)17-18-19)10-12-5-7-13(8-6-12)20-4-2/h3,5-8H,1,4,9-10H2,2H3. The number of benzene rings is 1. The summed E-state index contributed by atoms with van der Waals surface area (Å²) in [5.41, 5.74) is 2.25. The molecule has 20 heavy (non-hydrogen) atoms. The van der Waals surface area contributed by atoms with E-state index in [9.17, 15) is 0 Å². The Morgan fingerprint density at radius 2 is 2.15 bits per heavy atom. The maximum atomic E-state index is 9.08. The van der Waals surface area contributed by atoms with Crippen molar-refractivity contribution in [2.45, 2.75) is 19.9 Å². The predicted molar refractivity (Wildman–Crippen MR) is 75.4 cm³/mol. The smallest absolute Gasteiger partial charge is 0.186 e. The zero-order valence-corrected chi connectivity index (χ0v) is 11.4. The second-order valence-corrected chi connectivity index (χ2v) is 4.22. The number of nitriles is 1. The van der Waals surface area contributed by atoms with E-state index in [1.54, 1.807) is 10.8 Å². The van der Waals surface area contributed by atoms with E-state index in [1.807, 2.05) is 31.2 Å². The highest BCUT2D eigenvalue weighted by Crippen LogP contribution is 2.16. The van der Waals surface area contributed by atoms with Crippen LogP contribution >= 0.6 is 0 Å². The monoisotopic (exact) mass is 268 g/mol. The van der Waals surface area contributed by atoms with Crippen LogP contribution in [0.3, 0.4) is 0 Å². The van der Waals surface area contributed by atoms with Crippen LogP contribution in [0.15, 0.2) is 36.9 Å². The van der Waals surface area contributed by atoms with Crippen molar-refractivity contribution in [1.82, 2.24) is 15.0 Å². The molecule has 1 aromatic heterocycles. The van der Waals surface area contributed by atoms with Gasteiger partial charge in [0.25, 0.3) is 0 Å². The third-order valence-corrected chi connectivity index (χ3v) is 2.85. The van der Waals surface area contributed by atoms with Crippen molar-refractivity contribution >= 4 is 0 Å². The SMILES string of the molecule is C=CCn1nnc(C#N)c1Cc1ccc(OCC)cc1. The van der Waals surface area contributed by atoms with Gasteiger partial charge in [-0.15, -0.1) is 11.7 Å². The number of aromatic nitrogens is 3. The van der Waals surface area contributed by atoms with Gasteiger partial charge in [0.1, 0.15) is 11.8 Å². The summed E-state index contributed by atoms with van der Waals surface area (Å²) in [6, 6.07) is 9.89. The van der Waals surface area contributed by atoms with Gasteiger partial charge in [-0.1, -0.05) is 23.4 Å². The summed E-state index contributed by atoms with van der Waals surface area (Å²) in [6.45, 7) is 6.82. The van der Waals surface area contributed by atoms with Gasteiger partial charge in [-0.05, 0) is 24.6 Å². The summed E-state index contributed by atoms with van der Waals surface area (Å²) in [5, 5.41) is 16.9. The Kier molecular flexibility index (Phi) is 4.51. The third kappa shape index (κ3) is 3.04. The molecule has 5 nitrogen and oxygen atoms in total. The molecule has 0 saturated carbocycles. The normalized spacial score (nSPS) is 10.0. The summed E-state index contributed by atoms with van der Waals surface area (Å²) in [6.07, 6.45) is 2.34. The minimum Gasteiger partial charge on any atom is -0.494 e. The Morgan fingerprint density at radius 1 is 1.40 bits per heavy atom. The van der Waals surface area contributed by atoms with E-state index in [-0.39, 0.29) is 0 Å². The van der Waals surface area contributed by atoms with Crippen LogP contribution in [0.2, 0.25) is 0 Å². The molecule has 0 bridgehead atoms. The second-order valence-electron chi connectivity index (χ2n) is 4.22. The zero-order valence-electron chi connectivity index (χ0n) is 11.4. The largest absolute Gasteiger partial charge is 0.494 e. The number of rotatable bonds is 6. The Hall–Kier alpha value is -2.61. The summed E-state index contributed by atoms with van der Waals surface area (Å²) in [4.78, 5) is 0. The Balaban J connectivity index is 2.22. The molecule has 102 valence electrons. The average Bonchev–Trinajstić information content (AvgIpc) is 2.84. The van der Waals surface area contributed by atoms with Gasteiger partial charge in [-0.3, -0.25) is 0 Å². The van der Waals surface area contributed by atoms with Crippen molar-refractivity contribution in [3.05, 3.63) is 53.9 Å². The van der Waals surface area contributed by atoms with E-state index >= 15 is 0 Å². The first kappa shape index (κ1) is 13.8. The van der Waals surface area contributed by atoms with Crippen molar-refractivity contribution in [3.63, 3.8) is 0 Å². The maximum absolute atomic E-state index is 9.08. The van der Waals surface area contributed by atoms with Gasteiger partial charge >= 0.3 is 0 Å². The van der Waals surface area contributed by atoms with Crippen LogP contribution in [0, 0.1) is 11.3 Å². The van der Waals surface area contributed by atoms with Crippen molar-refractivity contribution < 1.29 is 4.74 Å². The lowest BCUT2D eigenvalue weighted by Gasteiger charge is -2.06. The Labute approximate surface area is 118 Å². The highest BCUT2D eigenvalue weighted by Gasteiger charge is 2.12. The van der Waals surface area contributed by atoms with Crippen molar-refractivity contribution in [2.75, 3.05) is 6.61 Å². The molecule has 0 aliphatic rings. The van der Waals surface area contributed by atoms with Gasteiger partial charge in [0.2, 0.25) is 0 Å². The van der Waals surface area contributed by atoms with E-state index in [4.69, 9.17) is 10.00 Å². The summed E-state index contributed by atoms with van der Waals surface area (Å²) < 4.78 is 7.10. The van der Waals surface area contributed by atoms with Crippen LogP contribution in [0.25, 0.3) is 0 Å². The lowest BCUT2D eigenvalue weighted by atomic mass is 10.1. The molecular formula is C15H16N4O. The van der Waals surface area contributed by atoms with E-state index in [0.29, 0.717) is 25.3 Å². The molecule has 5 heteroatoms. The molecule has 1 aromatic carbocycles. The molecule has 0 unspecified atom stereocenters. The zero-order chi connectivity index (χ0) is 14.4. The number of hydrogen-bond acceptors (Lipinski definition) is 4. The van der Waals surface area contributed by atoms with Crippen molar-refractivity contribution in [2.24, 2.45) is 0 Å². The molecule has 0 aliphatic carbocycles. The summed E-state index contributed by atoms with van der Waals surface area (Å²) in [7, 11) is 0. The van der Waals surface area contributed by atoms with Gasteiger partial charge in [-0.2, -0.15) is 5.26 Å². The fourth-order valence-corrected chi connectivity index (χ4v) is 1.93. The van der Waals surface area contributed by atoms with Crippen molar-refractivity contribution in [3.8, 4) is 11.8 Å². The third-order valence-electron chi connectivity index (χ3n) is 2.85. The molecule has 0 fully saturated rings. The highest BCUT2D eigenvalue weighted by atomic mass is 16.5. The molecule has 0 N–H and O–H groups in total. The van der Waals surface area contributed by atoms with Crippen LogP contribution in [0.1, 0.15) is 23.9 Å². The quantitative estimate of drug-likeness (QED) is 0.754. The molecule has 0 spiro atoms. The van der Waals surface area contributed by atoms with E-state index < -0.39 is 0 Å². The lowest BCUT2D eigenvalue weighted by molar-refractivity contribution is 0.340. The van der Waals surface area contributed by atoms with Crippen LogP contribution in [-0.2, 0) is 13.0 Å². The van der Waals surface area contributed by atoms with E-state index in [1.165, 1.54) is 0 Å². The van der Waals surface area contributed by atoms with Gasteiger partial charge in [-0.25, -0.2) is 4.68 Å². The second kappa shape index (κ2) is 6.53. The topological polar surface area (TPSA) is 63.7 Å². The van der Waals surface area contributed by atoms with E-state index in [2.05, 4.69) is 23.0 Å². The minimum absolute atomic E-state index is 0.362. The first-order chi connectivity index (χ1) is 9.78. The van der Waals surface area contributed by atoms with Crippen LogP contribution in [-0.4, -0.2) is 21.6 Å². The van der Waals surface area contributed by atoms with Gasteiger partial charge in [0.05, 0.1) is 18.8 Å². The molecule has 2 rings (SSSR count). The lowest BCUT2D eigenvalue weighted by Crippen LogP contribution is -2.05. The molecule has 0 atom stereocenters. The molecular weight excluding hydrogens is 252 g/mol. The Bertz CT molecular complexity index is 622. The number of allylic oxidation sites excluding steroid dienone is 1. The predicted octanol–water partition coefficient (Wildman–Crippen LogP) is 2.33. The average molecular weight is 268 g/mol. The van der Waals surface area contributed by atoms with Crippen LogP contribution in [0.5, 0.6) is 5.75 Å². The van der Waals surface area contributed by atoms with Gasteiger partial charge in [0, 0.05) is 6.42 Å². The molecule has 0 saturated heterocycles. The highest BCUT2D eigenvalue weighted by molar-refractivity contribution is 5.33. The van der Waals surface area contributed by atoms with Crippen molar-refractivity contribution in [1.29, 1.82) is 5.26 Å².